The zero-order valence-electron chi connectivity index (χ0n) is 26.5. The molecule has 4 aromatic heterocycles. The number of nitrogens with one attached hydrogen (secondary N) is 1. The summed E-state index contributed by atoms with van der Waals surface area (Å²) in [5, 5.41) is 14.2. The second-order valence-electron chi connectivity index (χ2n) is 11.6. The maximum absolute atomic E-state index is 13.9. The highest BCUT2D eigenvalue weighted by molar-refractivity contribution is 8.44. The van der Waals surface area contributed by atoms with Gasteiger partial charge in [0.1, 0.15) is 54.2 Å². The molecule has 51 heavy (non-hydrogen) atoms. The number of ether oxygens (including phenoxy) is 3. The fourth-order valence-electron chi connectivity index (χ4n) is 5.95. The van der Waals surface area contributed by atoms with Crippen LogP contribution in [0.1, 0.15) is 25.3 Å². The minimum absolute atomic E-state index is 0.0107. The van der Waals surface area contributed by atoms with E-state index in [2.05, 4.69) is 59.7 Å². The molecule has 26 heteroatoms. The molecule has 4 aromatic rings. The third kappa shape index (κ3) is 7.33. The monoisotopic (exact) mass is 789 g/mol. The summed E-state index contributed by atoms with van der Waals surface area (Å²) < 4.78 is 71.8. The van der Waals surface area contributed by atoms with Crippen molar-refractivity contribution in [2.45, 2.75) is 61.9 Å². The summed E-state index contributed by atoms with van der Waals surface area (Å²) in [6, 6.07) is 0. The van der Waals surface area contributed by atoms with Crippen LogP contribution in [0, 0.1) is 0 Å². The van der Waals surface area contributed by atoms with Gasteiger partial charge in [-0.15, -0.1) is 0 Å². The first-order chi connectivity index (χ1) is 24.4. The number of aromatic nitrogens is 8. The van der Waals surface area contributed by atoms with Gasteiger partial charge in [-0.1, -0.05) is 24.5 Å². The molecule has 0 aromatic carbocycles. The molecule has 3 aliphatic rings. The number of thiol groups is 2. The molecule has 6 N–H and O–H groups in total. The number of aliphatic hydroxyl groups excluding tert-OH is 1. The Labute approximate surface area is 298 Å². The number of carbonyl (C=O) groups is 1. The van der Waals surface area contributed by atoms with Crippen molar-refractivity contribution < 1.29 is 51.3 Å². The summed E-state index contributed by atoms with van der Waals surface area (Å²) in [5.74, 6) is -0.468. The van der Waals surface area contributed by atoms with Crippen LogP contribution >= 0.6 is 38.1 Å². The Balaban J connectivity index is 1.22. The lowest BCUT2D eigenvalue weighted by molar-refractivity contribution is -0.158. The SMILES string of the molecule is CNCCCC(=O)O[C@@H]1[C@@H]2O[P@](=O)(S)OC[C@H]3O[C@@H](n4cnc5c(N)ncnc54)[C@H](O[P@](=O)(S)OC[C@H]2O[C@H]1n1cnc2c(N)ncnc21)[C@@H]3O. The molecule has 3 saturated heterocycles. The van der Waals surface area contributed by atoms with Crippen LogP contribution in [-0.2, 0) is 46.2 Å². The van der Waals surface area contributed by atoms with Crippen LogP contribution in [0.3, 0.4) is 0 Å². The lowest BCUT2D eigenvalue weighted by atomic mass is 10.1. The van der Waals surface area contributed by atoms with Crippen molar-refractivity contribution in [2.75, 3.05) is 38.3 Å². The Morgan fingerprint density at radius 3 is 2.06 bits per heavy atom. The van der Waals surface area contributed by atoms with Crippen molar-refractivity contribution in [3.63, 3.8) is 0 Å². The number of imidazole rings is 2. The Kier molecular flexibility index (Phi) is 10.3. The summed E-state index contributed by atoms with van der Waals surface area (Å²) in [6.07, 6.45) is -5.11. The standard InChI is InChI=1S/C25H33N11O11P2S2/c1-28-4-2-3-13(37)45-19-17-12(44-25(19)36-10-34-15-21(27)30-8-32-23(15)36)6-42-49(40,51)47-18-16(38)11(5-41-48(39,50)46-17)43-24(18)35-9-33-14-20(26)29-7-31-22(14)35/h7-12,16-19,24-25,28,38H,2-6H2,1H3,(H,39,50)(H,40,51)(H2,26,29,31)(H2,27,30,32)/t11-,12-,16-,17-,18-,19-,24-,25-,48-,49-/m1/s1. The maximum atomic E-state index is 13.9. The van der Waals surface area contributed by atoms with E-state index < -0.39 is 81.9 Å². The smallest absolute Gasteiger partial charge is 0.386 e. The highest BCUT2D eigenvalue weighted by Crippen LogP contribution is 2.60. The number of anilines is 2. The van der Waals surface area contributed by atoms with Crippen LogP contribution in [0.5, 0.6) is 0 Å². The Hall–Kier alpha value is -2.99. The molecule has 2 bridgehead atoms. The van der Waals surface area contributed by atoms with Crippen LogP contribution < -0.4 is 16.8 Å². The highest BCUT2D eigenvalue weighted by Gasteiger charge is 2.55. The number of fused-ring (bicyclic) bond motifs is 5. The first-order valence-electron chi connectivity index (χ1n) is 15.4. The molecule has 7 rings (SSSR count). The molecule has 22 nitrogen and oxygen atoms in total. The van der Waals surface area contributed by atoms with E-state index in [0.29, 0.717) is 13.0 Å². The molecular weight excluding hydrogens is 756 g/mol. The zero-order valence-corrected chi connectivity index (χ0v) is 30.1. The van der Waals surface area contributed by atoms with Gasteiger partial charge in [0.25, 0.3) is 0 Å². The molecule has 7 heterocycles. The first kappa shape index (κ1) is 36.4. The van der Waals surface area contributed by atoms with Crippen LogP contribution in [0.2, 0.25) is 0 Å². The molecule has 0 unspecified atom stereocenters. The number of nitrogens with two attached hydrogens (primary N) is 2. The quantitative estimate of drug-likeness (QED) is 0.0653. The molecule has 276 valence electrons. The van der Waals surface area contributed by atoms with E-state index in [9.17, 15) is 19.0 Å². The Bertz CT molecular complexity index is 2030. The summed E-state index contributed by atoms with van der Waals surface area (Å²) in [4.78, 5) is 37.9. The second-order valence-corrected chi connectivity index (χ2v) is 17.4. The van der Waals surface area contributed by atoms with Crippen LogP contribution in [0.15, 0.2) is 25.3 Å². The number of hydrogen-bond acceptors (Lipinski definition) is 20. The topological polar surface area (TPSA) is 287 Å². The van der Waals surface area contributed by atoms with Gasteiger partial charge in [-0.2, -0.15) is 0 Å². The average molecular weight is 790 g/mol. The van der Waals surface area contributed by atoms with Gasteiger partial charge in [0.05, 0.1) is 25.9 Å². The third-order valence-corrected chi connectivity index (χ3v) is 11.5. The van der Waals surface area contributed by atoms with Gasteiger partial charge in [-0.25, -0.2) is 39.0 Å². The Morgan fingerprint density at radius 2 is 1.45 bits per heavy atom. The fraction of sp³-hybridized carbons (Fsp3) is 0.560. The predicted octanol–water partition coefficient (Wildman–Crippen LogP) is 0.791. The molecular formula is C25H33N11O11P2S2. The summed E-state index contributed by atoms with van der Waals surface area (Å²) in [7, 11) is 1.74. The maximum Gasteiger partial charge on any atom is 0.386 e. The van der Waals surface area contributed by atoms with Crippen LogP contribution in [0.25, 0.3) is 22.3 Å². The predicted molar refractivity (Wildman–Crippen MR) is 181 cm³/mol. The van der Waals surface area contributed by atoms with Crippen molar-refractivity contribution in [2.24, 2.45) is 0 Å². The molecule has 0 saturated carbocycles. The third-order valence-electron chi connectivity index (χ3n) is 8.31. The largest absolute Gasteiger partial charge is 0.455 e. The summed E-state index contributed by atoms with van der Waals surface area (Å²) in [5.41, 5.74) is 12.8. The molecule has 0 amide bonds. The number of hydrogen-bond donors (Lipinski definition) is 6. The zero-order chi connectivity index (χ0) is 36.1. The van der Waals surface area contributed by atoms with Gasteiger partial charge in [-0.05, 0) is 20.0 Å². The highest BCUT2D eigenvalue weighted by atomic mass is 32.7. The molecule has 3 fully saturated rings. The van der Waals surface area contributed by atoms with Crippen molar-refractivity contribution in [3.8, 4) is 0 Å². The van der Waals surface area contributed by atoms with E-state index in [1.165, 1.54) is 34.4 Å². The molecule has 0 spiro atoms. The second kappa shape index (κ2) is 14.4. The van der Waals surface area contributed by atoms with Gasteiger partial charge < -0.3 is 36.1 Å². The van der Waals surface area contributed by atoms with Gasteiger partial charge in [0.2, 0.25) is 0 Å². The van der Waals surface area contributed by atoms with E-state index in [-0.39, 0.29) is 40.4 Å². The number of nitrogen functional groups attached to an aromatic ring is 2. The summed E-state index contributed by atoms with van der Waals surface area (Å²) >= 11 is 8.37. The van der Waals surface area contributed by atoms with Crippen LogP contribution in [-0.4, -0.2) is 114 Å². The fourth-order valence-corrected chi connectivity index (χ4v) is 8.89. The molecule has 10 atom stereocenters. The average Bonchev–Trinajstić information content (AvgIpc) is 3.85. The van der Waals surface area contributed by atoms with E-state index in [1.54, 1.807) is 7.05 Å². The van der Waals surface area contributed by atoms with E-state index in [0.717, 1.165) is 0 Å². The Morgan fingerprint density at radius 1 is 0.902 bits per heavy atom. The number of carbonyl (C=O) groups excluding carboxylic acids is 1. The minimum atomic E-state index is -4.39. The first-order valence-corrected chi connectivity index (χ1v) is 20.8. The molecule has 0 aliphatic carbocycles. The van der Waals surface area contributed by atoms with Gasteiger partial charge in [0.15, 0.2) is 41.5 Å². The molecule has 0 radical (unpaired) electrons. The van der Waals surface area contributed by atoms with Crippen molar-refractivity contribution in [1.82, 2.24) is 44.4 Å². The van der Waals surface area contributed by atoms with E-state index in [4.69, 9.17) is 43.8 Å². The lowest BCUT2D eigenvalue weighted by Crippen LogP contribution is -2.39. The number of esters is 1. The minimum Gasteiger partial charge on any atom is -0.455 e. The van der Waals surface area contributed by atoms with Gasteiger partial charge in [-0.3, -0.25) is 32.0 Å². The van der Waals surface area contributed by atoms with Crippen molar-refractivity contribution in [3.05, 3.63) is 25.3 Å². The number of nitrogens with zero attached hydrogens (tertiary/aromatic N) is 8. The van der Waals surface area contributed by atoms with E-state index >= 15 is 0 Å². The van der Waals surface area contributed by atoms with E-state index in [1.807, 2.05) is 0 Å². The van der Waals surface area contributed by atoms with Crippen molar-refractivity contribution >= 4 is 78.0 Å². The van der Waals surface area contributed by atoms with Gasteiger partial charge in [0, 0.05) is 6.42 Å². The summed E-state index contributed by atoms with van der Waals surface area (Å²) in [6.45, 7) is -9.39. The number of rotatable bonds is 7. The van der Waals surface area contributed by atoms with Crippen LogP contribution in [0.4, 0.5) is 11.6 Å². The lowest BCUT2D eigenvalue weighted by Gasteiger charge is -2.27. The van der Waals surface area contributed by atoms with Crippen molar-refractivity contribution in [1.29, 1.82) is 0 Å². The molecule has 3 aliphatic heterocycles. The number of aliphatic hydroxyl groups is 1. The van der Waals surface area contributed by atoms with Gasteiger partial charge >= 0.3 is 19.6 Å². The normalized spacial score (nSPS) is 34.5.